The number of halogens is 1. The van der Waals surface area contributed by atoms with Crippen LogP contribution in [-0.4, -0.2) is 26.5 Å². The first-order valence-corrected chi connectivity index (χ1v) is 6.00. The predicted octanol–water partition coefficient (Wildman–Crippen LogP) is 3.58. The Morgan fingerprint density at radius 3 is 2.29 bits per heavy atom. The topological polar surface area (TPSA) is 30.8 Å². The Hall–Kier alpha value is -1.22. The fraction of sp³-hybridized carbons (Fsp3) is 0.462. The molecule has 0 radical (unpaired) electrons. The van der Waals surface area contributed by atoms with Gasteiger partial charge in [-0.25, -0.2) is 0 Å². The number of rotatable bonds is 5. The van der Waals surface area contributed by atoms with E-state index >= 15 is 0 Å². The molecule has 0 heterocycles. The Bertz CT molecular complexity index is 416. The molecule has 0 saturated heterocycles. The fourth-order valence-corrected chi connectivity index (χ4v) is 1.90. The van der Waals surface area contributed by atoms with Gasteiger partial charge in [0.1, 0.15) is 11.5 Å². The number of ether oxygens (including phenoxy) is 2. The second-order valence-electron chi connectivity index (χ2n) is 3.46. The monoisotopic (exact) mass is 255 g/mol. The van der Waals surface area contributed by atoms with E-state index in [4.69, 9.17) is 21.1 Å². The molecule has 3 nitrogen and oxygen atoms in total. The van der Waals surface area contributed by atoms with Crippen molar-refractivity contribution in [3.05, 3.63) is 22.7 Å². The van der Waals surface area contributed by atoms with Gasteiger partial charge in [0.25, 0.3) is 0 Å². The molecule has 17 heavy (non-hydrogen) atoms. The predicted molar refractivity (Wildman–Crippen MR) is 71.9 cm³/mol. The van der Waals surface area contributed by atoms with Gasteiger partial charge in [0, 0.05) is 23.9 Å². The van der Waals surface area contributed by atoms with E-state index in [0.717, 1.165) is 30.0 Å². The standard InChI is InChI=1S/C13H18ClNO2/c1-5-11(15-6-2)9-7-10(14)13(17-4)8-12(9)16-3/h7-8H,5-6H2,1-4H3. The molecule has 0 aliphatic carbocycles. The van der Waals surface area contributed by atoms with E-state index in [1.807, 2.05) is 13.0 Å². The average molecular weight is 256 g/mol. The summed E-state index contributed by atoms with van der Waals surface area (Å²) in [6.07, 6.45) is 0.840. The van der Waals surface area contributed by atoms with Gasteiger partial charge in [-0.1, -0.05) is 18.5 Å². The molecule has 4 heteroatoms. The normalized spacial score (nSPS) is 11.5. The Labute approximate surface area is 107 Å². The minimum atomic E-state index is 0.570. The van der Waals surface area contributed by atoms with E-state index in [1.165, 1.54) is 0 Å². The number of hydrogen-bond donors (Lipinski definition) is 0. The molecule has 0 unspecified atom stereocenters. The molecule has 0 spiro atoms. The highest BCUT2D eigenvalue weighted by Crippen LogP contribution is 2.33. The molecule has 0 aliphatic rings. The number of methoxy groups -OCH3 is 2. The lowest BCUT2D eigenvalue weighted by atomic mass is 10.1. The van der Waals surface area contributed by atoms with Gasteiger partial charge < -0.3 is 9.47 Å². The van der Waals surface area contributed by atoms with E-state index in [2.05, 4.69) is 11.9 Å². The van der Waals surface area contributed by atoms with Gasteiger partial charge in [0.2, 0.25) is 0 Å². The molecular formula is C13H18ClNO2. The maximum atomic E-state index is 6.12. The number of hydrogen-bond acceptors (Lipinski definition) is 3. The maximum absolute atomic E-state index is 6.12. The zero-order valence-corrected chi connectivity index (χ0v) is 11.5. The van der Waals surface area contributed by atoms with Gasteiger partial charge in [0.15, 0.2) is 0 Å². The highest BCUT2D eigenvalue weighted by molar-refractivity contribution is 6.32. The SMILES string of the molecule is CCN=C(CC)c1cc(Cl)c(OC)cc1OC. The third-order valence-electron chi connectivity index (χ3n) is 2.47. The summed E-state index contributed by atoms with van der Waals surface area (Å²) in [7, 11) is 3.21. The molecule has 0 atom stereocenters. The Morgan fingerprint density at radius 1 is 1.18 bits per heavy atom. The van der Waals surface area contributed by atoms with E-state index in [1.54, 1.807) is 20.3 Å². The quantitative estimate of drug-likeness (QED) is 0.753. The maximum Gasteiger partial charge on any atom is 0.141 e. The smallest absolute Gasteiger partial charge is 0.141 e. The van der Waals surface area contributed by atoms with Crippen LogP contribution in [0.5, 0.6) is 11.5 Å². The third kappa shape index (κ3) is 3.13. The second kappa shape index (κ2) is 6.50. The summed E-state index contributed by atoms with van der Waals surface area (Å²) in [5.41, 5.74) is 1.93. The van der Waals surface area contributed by atoms with Crippen molar-refractivity contribution in [1.29, 1.82) is 0 Å². The summed E-state index contributed by atoms with van der Waals surface area (Å²) in [6.45, 7) is 4.81. The van der Waals surface area contributed by atoms with Crippen molar-refractivity contribution in [2.24, 2.45) is 4.99 Å². The number of benzene rings is 1. The van der Waals surface area contributed by atoms with Gasteiger partial charge in [-0.05, 0) is 19.4 Å². The molecule has 1 aromatic carbocycles. The first-order valence-electron chi connectivity index (χ1n) is 5.63. The number of aliphatic imine (C=N–C) groups is 1. The second-order valence-corrected chi connectivity index (χ2v) is 3.87. The van der Waals surface area contributed by atoms with Crippen LogP contribution < -0.4 is 9.47 Å². The van der Waals surface area contributed by atoms with Crippen molar-refractivity contribution in [1.82, 2.24) is 0 Å². The van der Waals surface area contributed by atoms with Crippen molar-refractivity contribution in [2.75, 3.05) is 20.8 Å². The minimum Gasteiger partial charge on any atom is -0.496 e. The molecular weight excluding hydrogens is 238 g/mol. The molecule has 0 N–H and O–H groups in total. The fourth-order valence-electron chi connectivity index (χ4n) is 1.66. The molecule has 0 aliphatic heterocycles. The minimum absolute atomic E-state index is 0.570. The van der Waals surface area contributed by atoms with Gasteiger partial charge in [-0.2, -0.15) is 0 Å². The molecule has 1 aromatic rings. The first-order chi connectivity index (χ1) is 8.17. The molecule has 94 valence electrons. The van der Waals surface area contributed by atoms with Crippen molar-refractivity contribution in [3.8, 4) is 11.5 Å². The van der Waals surface area contributed by atoms with Crippen LogP contribution in [0.15, 0.2) is 17.1 Å². The van der Waals surface area contributed by atoms with E-state index in [0.29, 0.717) is 10.8 Å². The van der Waals surface area contributed by atoms with Gasteiger partial charge in [-0.15, -0.1) is 0 Å². The largest absolute Gasteiger partial charge is 0.496 e. The highest BCUT2D eigenvalue weighted by Gasteiger charge is 2.13. The van der Waals surface area contributed by atoms with Crippen molar-refractivity contribution < 1.29 is 9.47 Å². The Balaban J connectivity index is 3.31. The molecule has 0 bridgehead atoms. The lowest BCUT2D eigenvalue weighted by Gasteiger charge is -2.13. The summed E-state index contributed by atoms with van der Waals surface area (Å²) >= 11 is 6.12. The summed E-state index contributed by atoms with van der Waals surface area (Å²) in [4.78, 5) is 4.46. The zero-order valence-electron chi connectivity index (χ0n) is 10.7. The highest BCUT2D eigenvalue weighted by atomic mass is 35.5. The van der Waals surface area contributed by atoms with E-state index in [-0.39, 0.29) is 0 Å². The van der Waals surface area contributed by atoms with Crippen LogP contribution in [0.2, 0.25) is 5.02 Å². The molecule has 1 rings (SSSR count). The first kappa shape index (κ1) is 13.8. The molecule has 0 fully saturated rings. The van der Waals surface area contributed by atoms with Gasteiger partial charge in [0.05, 0.1) is 19.2 Å². The third-order valence-corrected chi connectivity index (χ3v) is 2.76. The van der Waals surface area contributed by atoms with Gasteiger partial charge >= 0.3 is 0 Å². The van der Waals surface area contributed by atoms with Gasteiger partial charge in [-0.3, -0.25) is 4.99 Å². The van der Waals surface area contributed by atoms with Crippen LogP contribution in [0.25, 0.3) is 0 Å². The Kier molecular flexibility index (Phi) is 5.29. The van der Waals surface area contributed by atoms with Crippen LogP contribution in [0.4, 0.5) is 0 Å². The van der Waals surface area contributed by atoms with E-state index in [9.17, 15) is 0 Å². The van der Waals surface area contributed by atoms with Crippen molar-refractivity contribution in [2.45, 2.75) is 20.3 Å². The molecule has 0 saturated carbocycles. The van der Waals surface area contributed by atoms with Crippen molar-refractivity contribution >= 4 is 17.3 Å². The van der Waals surface area contributed by atoms with Crippen molar-refractivity contribution in [3.63, 3.8) is 0 Å². The summed E-state index contributed by atoms with van der Waals surface area (Å²) in [5.74, 6) is 1.35. The lowest BCUT2D eigenvalue weighted by molar-refractivity contribution is 0.394. The summed E-state index contributed by atoms with van der Waals surface area (Å²) in [6, 6.07) is 3.63. The molecule has 0 amide bonds. The van der Waals surface area contributed by atoms with Crippen LogP contribution in [0.1, 0.15) is 25.8 Å². The number of nitrogens with zero attached hydrogens (tertiary/aromatic N) is 1. The summed E-state index contributed by atoms with van der Waals surface area (Å²) < 4.78 is 10.5. The summed E-state index contributed by atoms with van der Waals surface area (Å²) in [5, 5.41) is 0.570. The van der Waals surface area contributed by atoms with Crippen LogP contribution in [0, 0.1) is 0 Å². The molecule has 0 aromatic heterocycles. The van der Waals surface area contributed by atoms with Crippen LogP contribution in [-0.2, 0) is 0 Å². The van der Waals surface area contributed by atoms with E-state index < -0.39 is 0 Å². The lowest BCUT2D eigenvalue weighted by Crippen LogP contribution is -2.04. The van der Waals surface area contributed by atoms with Crippen LogP contribution in [0.3, 0.4) is 0 Å². The van der Waals surface area contributed by atoms with Crippen LogP contribution >= 0.6 is 11.6 Å². The average Bonchev–Trinajstić information content (AvgIpc) is 2.35. The Morgan fingerprint density at radius 2 is 1.82 bits per heavy atom. The zero-order chi connectivity index (χ0) is 12.8.